The molecule has 0 aliphatic carbocycles. The number of amides is 1. The number of aromatic nitrogens is 2. The van der Waals surface area contributed by atoms with Gasteiger partial charge in [0.15, 0.2) is 0 Å². The minimum absolute atomic E-state index is 0.143. The van der Waals surface area contributed by atoms with Crippen molar-refractivity contribution in [3.8, 4) is 0 Å². The van der Waals surface area contributed by atoms with Crippen LogP contribution in [0.2, 0.25) is 0 Å². The first-order valence-electron chi connectivity index (χ1n) is 9.53. The smallest absolute Gasteiger partial charge is 0.267 e. The SMILES string of the molecule is CCN1C(=O)/C(=C/c2c(N3CCCCC3)nc3ccc(C)cn3c2=O)SC1=S. The van der Waals surface area contributed by atoms with Crippen LogP contribution in [0.15, 0.2) is 28.0 Å². The van der Waals surface area contributed by atoms with E-state index in [1.54, 1.807) is 21.6 Å². The molecule has 6 nitrogen and oxygen atoms in total. The molecule has 2 saturated heterocycles. The number of carbonyl (C=O) groups is 1. The van der Waals surface area contributed by atoms with E-state index in [0.717, 1.165) is 31.5 Å². The molecule has 28 heavy (non-hydrogen) atoms. The largest absolute Gasteiger partial charge is 0.356 e. The van der Waals surface area contributed by atoms with E-state index < -0.39 is 0 Å². The monoisotopic (exact) mass is 414 g/mol. The molecule has 0 saturated carbocycles. The lowest BCUT2D eigenvalue weighted by molar-refractivity contribution is -0.121. The normalized spacial score (nSPS) is 19.3. The van der Waals surface area contributed by atoms with Crippen LogP contribution in [0.3, 0.4) is 0 Å². The summed E-state index contributed by atoms with van der Waals surface area (Å²) in [5.41, 5.74) is 1.90. The fraction of sp³-hybridized carbons (Fsp3) is 0.400. The third kappa shape index (κ3) is 3.35. The second kappa shape index (κ2) is 7.67. The lowest BCUT2D eigenvalue weighted by atomic mass is 10.1. The third-order valence-corrected chi connectivity index (χ3v) is 6.48. The molecular weight excluding hydrogens is 392 g/mol. The van der Waals surface area contributed by atoms with Crippen molar-refractivity contribution in [3.63, 3.8) is 0 Å². The first-order chi connectivity index (χ1) is 13.5. The minimum Gasteiger partial charge on any atom is -0.356 e. The number of thiocarbonyl (C=S) groups is 1. The first-order valence-corrected chi connectivity index (χ1v) is 10.8. The number of fused-ring (bicyclic) bond motifs is 1. The molecule has 0 unspecified atom stereocenters. The van der Waals surface area contributed by atoms with Crippen LogP contribution in [0.25, 0.3) is 11.7 Å². The maximum atomic E-state index is 13.4. The fourth-order valence-corrected chi connectivity index (χ4v) is 4.99. The molecule has 2 aliphatic heterocycles. The molecule has 4 heterocycles. The summed E-state index contributed by atoms with van der Waals surface area (Å²) in [6, 6.07) is 3.82. The van der Waals surface area contributed by atoms with Gasteiger partial charge in [-0.25, -0.2) is 4.98 Å². The summed E-state index contributed by atoms with van der Waals surface area (Å²) in [4.78, 5) is 35.0. The van der Waals surface area contributed by atoms with E-state index in [2.05, 4.69) is 4.90 Å². The van der Waals surface area contributed by atoms with Crippen LogP contribution < -0.4 is 10.5 Å². The van der Waals surface area contributed by atoms with Gasteiger partial charge < -0.3 is 4.90 Å². The number of thioether (sulfide) groups is 1. The van der Waals surface area contributed by atoms with E-state index in [1.807, 2.05) is 26.0 Å². The van der Waals surface area contributed by atoms with Crippen LogP contribution in [0.5, 0.6) is 0 Å². The molecule has 0 spiro atoms. The van der Waals surface area contributed by atoms with Gasteiger partial charge in [-0.1, -0.05) is 30.0 Å². The number of pyridine rings is 1. The second-order valence-electron chi connectivity index (χ2n) is 7.06. The van der Waals surface area contributed by atoms with Crippen LogP contribution >= 0.6 is 24.0 Å². The highest BCUT2D eigenvalue weighted by Gasteiger charge is 2.31. The molecule has 8 heteroatoms. The van der Waals surface area contributed by atoms with Gasteiger partial charge >= 0.3 is 0 Å². The zero-order chi connectivity index (χ0) is 19.8. The summed E-state index contributed by atoms with van der Waals surface area (Å²) in [7, 11) is 0. The molecule has 0 radical (unpaired) electrons. The van der Waals surface area contributed by atoms with Gasteiger partial charge in [0.25, 0.3) is 11.5 Å². The Morgan fingerprint density at radius 1 is 1.21 bits per heavy atom. The summed E-state index contributed by atoms with van der Waals surface area (Å²) in [6.07, 6.45) is 6.81. The lowest BCUT2D eigenvalue weighted by Crippen LogP contribution is -2.33. The average Bonchev–Trinajstić information content (AvgIpc) is 2.97. The van der Waals surface area contributed by atoms with Crippen LogP contribution in [-0.4, -0.2) is 44.1 Å². The fourth-order valence-electron chi connectivity index (χ4n) is 3.62. The van der Waals surface area contributed by atoms with Gasteiger partial charge in [-0.15, -0.1) is 0 Å². The molecule has 2 aliphatic rings. The Bertz CT molecular complexity index is 1050. The van der Waals surface area contributed by atoms with Gasteiger partial charge in [0.05, 0.1) is 10.5 Å². The molecule has 0 aromatic carbocycles. The molecular formula is C20H22N4O2S2. The Labute approximate surface area is 173 Å². The Morgan fingerprint density at radius 3 is 2.64 bits per heavy atom. The average molecular weight is 415 g/mol. The Hall–Kier alpha value is -2.19. The van der Waals surface area contributed by atoms with Gasteiger partial charge in [0, 0.05) is 25.8 Å². The third-order valence-electron chi connectivity index (χ3n) is 5.11. The van der Waals surface area contributed by atoms with Gasteiger partial charge in [0.2, 0.25) is 0 Å². The van der Waals surface area contributed by atoms with E-state index in [1.165, 1.54) is 18.2 Å². The molecule has 0 bridgehead atoms. The van der Waals surface area contributed by atoms with Gasteiger partial charge in [-0.3, -0.25) is 18.9 Å². The van der Waals surface area contributed by atoms with E-state index in [0.29, 0.717) is 32.8 Å². The number of rotatable bonds is 3. The van der Waals surface area contributed by atoms with E-state index in [-0.39, 0.29) is 11.5 Å². The molecule has 1 amide bonds. The number of piperidine rings is 1. The summed E-state index contributed by atoms with van der Waals surface area (Å²) >= 11 is 6.56. The van der Waals surface area contributed by atoms with Crippen molar-refractivity contribution in [2.24, 2.45) is 0 Å². The Kier molecular flexibility index (Phi) is 5.25. The van der Waals surface area contributed by atoms with Crippen LogP contribution in [-0.2, 0) is 4.79 Å². The van der Waals surface area contributed by atoms with Crippen molar-refractivity contribution < 1.29 is 4.79 Å². The van der Waals surface area contributed by atoms with Crippen molar-refractivity contribution in [3.05, 3.63) is 44.7 Å². The summed E-state index contributed by atoms with van der Waals surface area (Å²) in [5, 5.41) is 0. The van der Waals surface area contributed by atoms with Gasteiger partial charge in [-0.2, -0.15) is 0 Å². The Balaban J connectivity index is 1.91. The molecule has 2 aromatic rings. The molecule has 0 N–H and O–H groups in total. The van der Waals surface area contributed by atoms with Crippen molar-refractivity contribution >= 4 is 51.7 Å². The number of aryl methyl sites for hydroxylation is 1. The van der Waals surface area contributed by atoms with Gasteiger partial charge in [-0.05, 0) is 50.8 Å². The number of likely N-dealkylation sites (N-methyl/N-ethyl adjacent to an activating group) is 1. The topological polar surface area (TPSA) is 57.9 Å². The van der Waals surface area contributed by atoms with Crippen molar-refractivity contribution in [1.29, 1.82) is 0 Å². The zero-order valence-electron chi connectivity index (χ0n) is 16.0. The molecule has 0 atom stereocenters. The van der Waals surface area contributed by atoms with Crippen molar-refractivity contribution in [1.82, 2.24) is 14.3 Å². The lowest BCUT2D eigenvalue weighted by Gasteiger charge is -2.29. The van der Waals surface area contributed by atoms with E-state index >= 15 is 0 Å². The predicted molar refractivity (Wildman–Crippen MR) is 118 cm³/mol. The van der Waals surface area contributed by atoms with Gasteiger partial charge in [0.1, 0.15) is 15.8 Å². The standard InChI is InChI=1S/C20H22N4O2S2/c1-3-23-19(26)15(28-20(23)27)11-14-17(22-9-5-4-6-10-22)21-16-8-7-13(2)12-24(16)18(14)25/h7-8,11-12H,3-6,9-10H2,1-2H3/b15-11-. The number of nitrogens with zero attached hydrogens (tertiary/aromatic N) is 4. The summed E-state index contributed by atoms with van der Waals surface area (Å²) in [5.74, 6) is 0.520. The number of anilines is 1. The maximum Gasteiger partial charge on any atom is 0.267 e. The highest BCUT2D eigenvalue weighted by Crippen LogP contribution is 2.33. The zero-order valence-corrected chi connectivity index (χ0v) is 17.6. The second-order valence-corrected chi connectivity index (χ2v) is 8.74. The number of carbonyl (C=O) groups excluding carboxylic acids is 1. The van der Waals surface area contributed by atoms with Crippen molar-refractivity contribution in [2.45, 2.75) is 33.1 Å². The Morgan fingerprint density at radius 2 is 1.96 bits per heavy atom. The first kappa shape index (κ1) is 19.1. The van der Waals surface area contributed by atoms with Crippen LogP contribution in [0.4, 0.5) is 5.82 Å². The van der Waals surface area contributed by atoms with E-state index in [9.17, 15) is 9.59 Å². The molecule has 146 valence electrons. The summed E-state index contributed by atoms with van der Waals surface area (Å²) < 4.78 is 2.10. The quantitative estimate of drug-likeness (QED) is 0.568. The van der Waals surface area contributed by atoms with Crippen LogP contribution in [0, 0.1) is 6.92 Å². The summed E-state index contributed by atoms with van der Waals surface area (Å²) in [6.45, 7) is 6.09. The molecule has 2 fully saturated rings. The van der Waals surface area contributed by atoms with Crippen LogP contribution in [0.1, 0.15) is 37.3 Å². The van der Waals surface area contributed by atoms with E-state index in [4.69, 9.17) is 17.2 Å². The highest BCUT2D eigenvalue weighted by atomic mass is 32.2. The highest BCUT2D eigenvalue weighted by molar-refractivity contribution is 8.26. The predicted octanol–water partition coefficient (Wildman–Crippen LogP) is 3.21. The number of hydrogen-bond donors (Lipinski definition) is 0. The molecule has 4 rings (SSSR count). The molecule has 2 aromatic heterocycles. The number of hydrogen-bond acceptors (Lipinski definition) is 6. The maximum absolute atomic E-state index is 13.4. The minimum atomic E-state index is -0.156. The van der Waals surface area contributed by atoms with Crippen molar-refractivity contribution in [2.75, 3.05) is 24.5 Å².